The van der Waals surface area contributed by atoms with Crippen molar-refractivity contribution in [2.24, 2.45) is 0 Å². The lowest BCUT2D eigenvalue weighted by atomic mass is 9.76. The molecule has 0 aliphatic carbocycles. The van der Waals surface area contributed by atoms with Crippen LogP contribution in [-0.4, -0.2) is 19.8 Å². The molecule has 0 aliphatic rings. The van der Waals surface area contributed by atoms with Crippen LogP contribution >= 0.6 is 0 Å². The van der Waals surface area contributed by atoms with E-state index in [-0.39, 0.29) is 23.2 Å². The molecule has 0 spiro atoms. The summed E-state index contributed by atoms with van der Waals surface area (Å²) < 4.78 is 14.0. The monoisotopic (exact) mass is 419 g/mol. The zero-order chi connectivity index (χ0) is 20.6. The average molecular weight is 420 g/mol. The number of rotatable bonds is 11. The molecule has 1 aromatic heterocycles. The van der Waals surface area contributed by atoms with Gasteiger partial charge in [-0.1, -0.05) is 59.7 Å². The summed E-state index contributed by atoms with van der Waals surface area (Å²) in [5.41, 5.74) is 2.94. The van der Waals surface area contributed by atoms with E-state index in [0.717, 1.165) is 25.1 Å². The predicted molar refractivity (Wildman–Crippen MR) is 116 cm³/mol. The van der Waals surface area contributed by atoms with Crippen molar-refractivity contribution in [2.45, 2.75) is 71.8 Å². The Balaban J connectivity index is 0.00000420. The highest BCUT2D eigenvalue weighted by Crippen LogP contribution is 2.38. The number of halogens is 1. The third-order valence-electron chi connectivity index (χ3n) is 6.01. The van der Waals surface area contributed by atoms with Gasteiger partial charge in [0.25, 0.3) is 0 Å². The van der Waals surface area contributed by atoms with Gasteiger partial charge in [-0.05, 0) is 35.3 Å². The van der Waals surface area contributed by atoms with E-state index in [1.54, 1.807) is 0 Å². The predicted octanol–water partition coefficient (Wildman–Crippen LogP) is 2.45. The number of hydrogen-bond donors (Lipinski definition) is 0. The summed E-state index contributed by atoms with van der Waals surface area (Å²) in [6, 6.07) is 12.8. The molecular weight excluding hydrogens is 382 g/mol. The van der Waals surface area contributed by atoms with Crippen LogP contribution in [0.2, 0.25) is 0 Å². The van der Waals surface area contributed by atoms with Crippen molar-refractivity contribution in [3.63, 3.8) is 0 Å². The van der Waals surface area contributed by atoms with E-state index in [9.17, 15) is 0 Å². The van der Waals surface area contributed by atoms with Gasteiger partial charge in [-0.15, -0.1) is 0 Å². The minimum Gasteiger partial charge on any atom is -1.00 e. The van der Waals surface area contributed by atoms with E-state index in [4.69, 9.17) is 9.47 Å². The lowest BCUT2D eigenvalue weighted by Gasteiger charge is -2.30. The second-order valence-electron chi connectivity index (χ2n) is 8.76. The van der Waals surface area contributed by atoms with E-state index < -0.39 is 0 Å². The molecular formula is C25H38ClNO2. The standard InChI is InChI=1S/C25H38NO2.ClH/c1-7-24(3,4)21-12-13-23(22(20-21)25(5,6)8-2)28-19-18-27-17-16-26-14-10-9-11-15-26;/h9-15,20H,7-8,16-19H2,1-6H3;1H/q+1;/p-1. The number of ether oxygens (including phenoxy) is 2. The van der Waals surface area contributed by atoms with Crippen LogP contribution in [0.4, 0.5) is 0 Å². The van der Waals surface area contributed by atoms with Crippen molar-refractivity contribution in [1.29, 1.82) is 0 Å². The summed E-state index contributed by atoms with van der Waals surface area (Å²) in [4.78, 5) is 0. The summed E-state index contributed by atoms with van der Waals surface area (Å²) in [5.74, 6) is 0.989. The van der Waals surface area contributed by atoms with Crippen molar-refractivity contribution >= 4 is 0 Å². The fourth-order valence-corrected chi connectivity index (χ4v) is 3.07. The smallest absolute Gasteiger partial charge is 0.171 e. The van der Waals surface area contributed by atoms with E-state index in [1.165, 1.54) is 11.1 Å². The molecule has 0 bridgehead atoms. The van der Waals surface area contributed by atoms with E-state index in [0.29, 0.717) is 19.8 Å². The van der Waals surface area contributed by atoms with Crippen LogP contribution < -0.4 is 21.7 Å². The summed E-state index contributed by atoms with van der Waals surface area (Å²) in [5, 5.41) is 0. The highest BCUT2D eigenvalue weighted by Gasteiger charge is 2.26. The maximum atomic E-state index is 6.15. The first-order valence-electron chi connectivity index (χ1n) is 10.6. The van der Waals surface area contributed by atoms with E-state index in [2.05, 4.69) is 76.7 Å². The van der Waals surface area contributed by atoms with Gasteiger partial charge in [0.05, 0.1) is 6.61 Å². The van der Waals surface area contributed by atoms with Crippen LogP contribution in [0.1, 0.15) is 65.5 Å². The molecule has 1 heterocycles. The summed E-state index contributed by atoms with van der Waals surface area (Å²) in [7, 11) is 0. The minimum atomic E-state index is 0. The maximum absolute atomic E-state index is 6.15. The SMILES string of the molecule is CCC(C)(C)c1ccc(OCCOCC[n+]2ccccc2)c(C(C)(C)CC)c1.[Cl-]. The molecule has 0 amide bonds. The van der Waals surface area contributed by atoms with Crippen molar-refractivity contribution in [3.8, 4) is 5.75 Å². The largest absolute Gasteiger partial charge is 1.00 e. The van der Waals surface area contributed by atoms with Crippen LogP contribution in [0.3, 0.4) is 0 Å². The third-order valence-corrected chi connectivity index (χ3v) is 6.01. The number of pyridine rings is 1. The molecule has 2 rings (SSSR count). The first-order valence-corrected chi connectivity index (χ1v) is 10.6. The second kappa shape index (κ2) is 11.6. The Morgan fingerprint density at radius 1 is 0.828 bits per heavy atom. The minimum absolute atomic E-state index is 0. The zero-order valence-corrected chi connectivity index (χ0v) is 19.8. The van der Waals surface area contributed by atoms with Gasteiger partial charge < -0.3 is 21.9 Å². The lowest BCUT2D eigenvalue weighted by Crippen LogP contribution is -3.00. The molecule has 3 nitrogen and oxygen atoms in total. The van der Waals surface area contributed by atoms with Gasteiger partial charge in [-0.2, -0.15) is 0 Å². The molecule has 0 saturated carbocycles. The van der Waals surface area contributed by atoms with Gasteiger partial charge in [0.1, 0.15) is 19.0 Å². The Morgan fingerprint density at radius 3 is 2.10 bits per heavy atom. The molecule has 0 radical (unpaired) electrons. The van der Waals surface area contributed by atoms with Gasteiger partial charge in [-0.25, -0.2) is 4.57 Å². The fourth-order valence-electron chi connectivity index (χ4n) is 3.07. The van der Waals surface area contributed by atoms with E-state index >= 15 is 0 Å². The topological polar surface area (TPSA) is 22.3 Å². The zero-order valence-electron chi connectivity index (χ0n) is 19.0. The maximum Gasteiger partial charge on any atom is 0.171 e. The first kappa shape index (κ1) is 25.5. The van der Waals surface area contributed by atoms with Crippen LogP contribution in [0.15, 0.2) is 48.8 Å². The van der Waals surface area contributed by atoms with Crippen LogP contribution in [0.5, 0.6) is 5.75 Å². The molecule has 0 fully saturated rings. The van der Waals surface area contributed by atoms with Gasteiger partial charge in [0.15, 0.2) is 18.9 Å². The Bertz CT molecular complexity index is 729. The van der Waals surface area contributed by atoms with Crippen molar-refractivity contribution in [3.05, 3.63) is 59.9 Å². The number of benzene rings is 1. The van der Waals surface area contributed by atoms with Crippen LogP contribution in [-0.2, 0) is 22.1 Å². The van der Waals surface area contributed by atoms with Crippen LogP contribution in [0, 0.1) is 0 Å². The molecule has 4 heteroatoms. The average Bonchev–Trinajstić information content (AvgIpc) is 2.71. The van der Waals surface area contributed by atoms with Gasteiger partial charge in [0, 0.05) is 17.7 Å². The summed E-state index contributed by atoms with van der Waals surface area (Å²) >= 11 is 0. The summed E-state index contributed by atoms with van der Waals surface area (Å²) in [6.45, 7) is 16.4. The molecule has 1 aromatic carbocycles. The normalized spacial score (nSPS) is 11.8. The van der Waals surface area contributed by atoms with Crippen molar-refractivity contribution in [2.75, 3.05) is 19.8 Å². The molecule has 0 unspecified atom stereocenters. The molecule has 0 aliphatic heterocycles. The third kappa shape index (κ3) is 7.31. The highest BCUT2D eigenvalue weighted by molar-refractivity contribution is 5.44. The molecule has 0 N–H and O–H groups in total. The molecule has 0 atom stereocenters. The van der Waals surface area contributed by atoms with Crippen molar-refractivity contribution < 1.29 is 26.4 Å². The molecule has 29 heavy (non-hydrogen) atoms. The molecule has 0 saturated heterocycles. The van der Waals surface area contributed by atoms with Gasteiger partial charge in [0.2, 0.25) is 0 Å². The quantitative estimate of drug-likeness (QED) is 0.412. The lowest BCUT2D eigenvalue weighted by molar-refractivity contribution is -0.698. The Kier molecular flexibility index (Phi) is 10.2. The van der Waals surface area contributed by atoms with Gasteiger partial charge in [-0.3, -0.25) is 0 Å². The second-order valence-corrected chi connectivity index (χ2v) is 8.76. The number of aromatic nitrogens is 1. The molecule has 162 valence electrons. The summed E-state index contributed by atoms with van der Waals surface area (Å²) in [6.07, 6.45) is 6.30. The first-order chi connectivity index (χ1) is 13.3. The molecule has 2 aromatic rings. The Hall–Kier alpha value is -1.58. The fraction of sp³-hybridized carbons (Fsp3) is 0.560. The van der Waals surface area contributed by atoms with E-state index in [1.807, 2.05) is 18.2 Å². The Morgan fingerprint density at radius 2 is 1.48 bits per heavy atom. The van der Waals surface area contributed by atoms with Crippen LogP contribution in [0.25, 0.3) is 0 Å². The van der Waals surface area contributed by atoms with Gasteiger partial charge >= 0.3 is 0 Å². The van der Waals surface area contributed by atoms with Crippen molar-refractivity contribution in [1.82, 2.24) is 0 Å². The number of hydrogen-bond acceptors (Lipinski definition) is 2. The number of nitrogens with zero attached hydrogens (tertiary/aromatic N) is 1. The highest BCUT2D eigenvalue weighted by atomic mass is 35.5. The Labute approximate surface area is 183 Å².